The van der Waals surface area contributed by atoms with Crippen LogP contribution in [0.3, 0.4) is 0 Å². The SMILES string of the molecule is C/C(=C\Sc1ccccc1)C(=Nc1ccc(C(C)C)cc1)Oc1ccccc1. The number of rotatable bonds is 6. The molecule has 0 aromatic heterocycles. The molecule has 3 rings (SSSR count). The van der Waals surface area contributed by atoms with Crippen LogP contribution >= 0.6 is 11.8 Å². The van der Waals surface area contributed by atoms with E-state index in [1.54, 1.807) is 11.8 Å². The lowest BCUT2D eigenvalue weighted by Crippen LogP contribution is -2.09. The zero-order chi connectivity index (χ0) is 19.8. The van der Waals surface area contributed by atoms with Crippen molar-refractivity contribution in [1.29, 1.82) is 0 Å². The number of thioether (sulfide) groups is 1. The van der Waals surface area contributed by atoms with Crippen LogP contribution in [0, 0.1) is 0 Å². The summed E-state index contributed by atoms with van der Waals surface area (Å²) in [6.07, 6.45) is 0. The molecule has 0 radical (unpaired) electrons. The molecule has 0 aliphatic heterocycles. The standard InChI is InChI=1S/C25H25NOS/c1-19(2)21-14-16-22(17-15-21)26-25(27-23-10-6-4-7-11-23)20(3)18-28-24-12-8-5-9-13-24/h4-19H,1-3H3/b20-18+,26-25?. The van der Waals surface area contributed by atoms with Crippen LogP contribution in [-0.2, 0) is 0 Å². The summed E-state index contributed by atoms with van der Waals surface area (Å²) in [4.78, 5) is 5.96. The molecule has 0 aliphatic carbocycles. The zero-order valence-corrected chi connectivity index (χ0v) is 17.3. The van der Waals surface area contributed by atoms with Gasteiger partial charge in [-0.25, -0.2) is 4.99 Å². The number of ether oxygens (including phenoxy) is 1. The average Bonchev–Trinajstić information content (AvgIpc) is 2.73. The molecule has 3 aromatic carbocycles. The molecule has 0 fully saturated rings. The van der Waals surface area contributed by atoms with Crippen molar-refractivity contribution >= 4 is 23.3 Å². The van der Waals surface area contributed by atoms with Gasteiger partial charge in [0.1, 0.15) is 5.75 Å². The summed E-state index contributed by atoms with van der Waals surface area (Å²) in [6, 6.07) is 28.4. The number of hydrogen-bond donors (Lipinski definition) is 0. The van der Waals surface area contributed by atoms with E-state index < -0.39 is 0 Å². The van der Waals surface area contributed by atoms with Crippen LogP contribution in [0.1, 0.15) is 32.3 Å². The summed E-state index contributed by atoms with van der Waals surface area (Å²) in [5.74, 6) is 1.88. The molecule has 0 heterocycles. The molecule has 0 N–H and O–H groups in total. The second-order valence-electron chi connectivity index (χ2n) is 6.81. The van der Waals surface area contributed by atoms with Crippen molar-refractivity contribution in [3.05, 3.63) is 101 Å². The van der Waals surface area contributed by atoms with E-state index in [0.717, 1.165) is 17.0 Å². The van der Waals surface area contributed by atoms with Crippen molar-refractivity contribution < 1.29 is 4.74 Å². The Hall–Kier alpha value is -2.78. The monoisotopic (exact) mass is 387 g/mol. The van der Waals surface area contributed by atoms with Gasteiger partial charge < -0.3 is 4.74 Å². The van der Waals surface area contributed by atoms with E-state index in [9.17, 15) is 0 Å². The van der Waals surface area contributed by atoms with Crippen molar-refractivity contribution in [3.63, 3.8) is 0 Å². The number of benzene rings is 3. The summed E-state index contributed by atoms with van der Waals surface area (Å²) in [5, 5.41) is 2.08. The first-order valence-electron chi connectivity index (χ1n) is 9.42. The van der Waals surface area contributed by atoms with Crippen LogP contribution in [-0.4, -0.2) is 5.90 Å². The maximum absolute atomic E-state index is 6.11. The highest BCUT2D eigenvalue weighted by Crippen LogP contribution is 2.24. The number of aliphatic imine (C=N–C) groups is 1. The molecule has 0 atom stereocenters. The molecular formula is C25H25NOS. The third-order valence-electron chi connectivity index (χ3n) is 4.20. The lowest BCUT2D eigenvalue weighted by molar-refractivity contribution is 0.551. The molecular weight excluding hydrogens is 362 g/mol. The zero-order valence-electron chi connectivity index (χ0n) is 16.5. The van der Waals surface area contributed by atoms with Crippen molar-refractivity contribution in [2.24, 2.45) is 4.99 Å². The fraction of sp³-hybridized carbons (Fsp3) is 0.160. The Bertz CT molecular complexity index is 929. The van der Waals surface area contributed by atoms with Gasteiger partial charge in [-0.05, 0) is 60.2 Å². The fourth-order valence-electron chi connectivity index (χ4n) is 2.55. The molecule has 142 valence electrons. The largest absolute Gasteiger partial charge is 0.439 e. The first-order valence-corrected chi connectivity index (χ1v) is 10.3. The number of para-hydroxylation sites is 1. The van der Waals surface area contributed by atoms with E-state index in [0.29, 0.717) is 11.8 Å². The molecule has 0 saturated carbocycles. The van der Waals surface area contributed by atoms with Gasteiger partial charge in [-0.15, -0.1) is 0 Å². The Labute approximate surface area is 172 Å². The van der Waals surface area contributed by atoms with Crippen LogP contribution in [0.5, 0.6) is 5.75 Å². The molecule has 0 aliphatic rings. The molecule has 3 aromatic rings. The van der Waals surface area contributed by atoms with E-state index in [4.69, 9.17) is 9.73 Å². The van der Waals surface area contributed by atoms with E-state index >= 15 is 0 Å². The normalized spacial score (nSPS) is 12.3. The Morgan fingerprint density at radius 2 is 1.46 bits per heavy atom. The van der Waals surface area contributed by atoms with E-state index in [1.807, 2.05) is 67.6 Å². The first-order chi connectivity index (χ1) is 13.6. The van der Waals surface area contributed by atoms with Crippen molar-refractivity contribution in [2.75, 3.05) is 0 Å². The Morgan fingerprint density at radius 3 is 2.07 bits per heavy atom. The molecule has 0 amide bonds. The summed E-state index contributed by atoms with van der Waals surface area (Å²) >= 11 is 1.66. The summed E-state index contributed by atoms with van der Waals surface area (Å²) in [7, 11) is 0. The highest BCUT2D eigenvalue weighted by atomic mass is 32.2. The summed E-state index contributed by atoms with van der Waals surface area (Å²) < 4.78 is 6.11. The van der Waals surface area contributed by atoms with Gasteiger partial charge in [0.25, 0.3) is 0 Å². The Morgan fingerprint density at radius 1 is 0.857 bits per heavy atom. The van der Waals surface area contributed by atoms with Gasteiger partial charge in [-0.2, -0.15) is 0 Å². The Kier molecular flexibility index (Phi) is 7.10. The fourth-order valence-corrected chi connectivity index (χ4v) is 3.28. The Balaban J connectivity index is 1.87. The van der Waals surface area contributed by atoms with Gasteiger partial charge in [-0.1, -0.05) is 74.1 Å². The van der Waals surface area contributed by atoms with E-state index in [2.05, 4.69) is 43.5 Å². The highest BCUT2D eigenvalue weighted by molar-refractivity contribution is 8.02. The van der Waals surface area contributed by atoms with Crippen molar-refractivity contribution in [2.45, 2.75) is 31.6 Å². The van der Waals surface area contributed by atoms with Gasteiger partial charge in [0.05, 0.1) is 5.69 Å². The topological polar surface area (TPSA) is 21.6 Å². The lowest BCUT2D eigenvalue weighted by Gasteiger charge is -2.10. The molecule has 2 nitrogen and oxygen atoms in total. The van der Waals surface area contributed by atoms with Gasteiger partial charge in [0.2, 0.25) is 5.90 Å². The third-order valence-corrected chi connectivity index (χ3v) is 5.22. The second-order valence-corrected chi connectivity index (χ2v) is 7.75. The lowest BCUT2D eigenvalue weighted by atomic mass is 10.0. The molecule has 0 bridgehead atoms. The summed E-state index contributed by atoms with van der Waals surface area (Å²) in [5.41, 5.74) is 3.16. The van der Waals surface area contributed by atoms with Crippen LogP contribution in [0.25, 0.3) is 0 Å². The van der Waals surface area contributed by atoms with Crippen molar-refractivity contribution in [1.82, 2.24) is 0 Å². The predicted molar refractivity (Wildman–Crippen MR) is 121 cm³/mol. The van der Waals surface area contributed by atoms with Crippen LogP contribution in [0.15, 0.2) is 106 Å². The minimum Gasteiger partial charge on any atom is -0.439 e. The van der Waals surface area contributed by atoms with Crippen LogP contribution in [0.2, 0.25) is 0 Å². The van der Waals surface area contributed by atoms with Gasteiger partial charge >= 0.3 is 0 Å². The van der Waals surface area contributed by atoms with Crippen LogP contribution in [0.4, 0.5) is 5.69 Å². The molecule has 0 saturated heterocycles. The average molecular weight is 388 g/mol. The maximum atomic E-state index is 6.11. The maximum Gasteiger partial charge on any atom is 0.223 e. The van der Waals surface area contributed by atoms with E-state index in [-0.39, 0.29) is 0 Å². The minimum atomic E-state index is 0.502. The van der Waals surface area contributed by atoms with Crippen molar-refractivity contribution in [3.8, 4) is 5.75 Å². The molecule has 0 spiro atoms. The van der Waals surface area contributed by atoms with Crippen LogP contribution < -0.4 is 4.74 Å². The smallest absolute Gasteiger partial charge is 0.223 e. The predicted octanol–water partition coefficient (Wildman–Crippen LogP) is 7.62. The van der Waals surface area contributed by atoms with E-state index in [1.165, 1.54) is 10.5 Å². The molecule has 0 unspecified atom stereocenters. The number of hydrogen-bond acceptors (Lipinski definition) is 3. The quantitative estimate of drug-likeness (QED) is 0.246. The summed E-state index contributed by atoms with van der Waals surface area (Å²) in [6.45, 7) is 6.41. The van der Waals surface area contributed by atoms with Gasteiger partial charge in [0.15, 0.2) is 0 Å². The third kappa shape index (κ3) is 5.86. The first kappa shape index (κ1) is 20.0. The molecule has 28 heavy (non-hydrogen) atoms. The second kappa shape index (κ2) is 9.95. The number of nitrogens with zero attached hydrogens (tertiary/aromatic N) is 1. The highest BCUT2D eigenvalue weighted by Gasteiger charge is 2.08. The minimum absolute atomic E-state index is 0.502. The van der Waals surface area contributed by atoms with Gasteiger partial charge in [0, 0.05) is 10.5 Å². The van der Waals surface area contributed by atoms with Gasteiger partial charge in [-0.3, -0.25) is 0 Å². The molecule has 3 heteroatoms.